The lowest BCUT2D eigenvalue weighted by Gasteiger charge is -2.15. The zero-order valence-corrected chi connectivity index (χ0v) is 13.7. The van der Waals surface area contributed by atoms with Gasteiger partial charge in [-0.25, -0.2) is 4.79 Å². The summed E-state index contributed by atoms with van der Waals surface area (Å²) in [6.07, 6.45) is 2.06. The van der Waals surface area contributed by atoms with Gasteiger partial charge in [-0.2, -0.15) is 0 Å². The van der Waals surface area contributed by atoms with E-state index >= 15 is 0 Å². The Balaban J connectivity index is 2.73. The molecule has 6 heteroatoms. The van der Waals surface area contributed by atoms with Gasteiger partial charge in [0.15, 0.2) is 0 Å². The molecular weight excluding hydrogens is 290 g/mol. The Morgan fingerprint density at radius 1 is 1.38 bits per heavy atom. The zero-order chi connectivity index (χ0) is 15.8. The lowest BCUT2D eigenvalue weighted by molar-refractivity contribution is 0.0527. The van der Waals surface area contributed by atoms with Crippen LogP contribution in [0, 0.1) is 0 Å². The summed E-state index contributed by atoms with van der Waals surface area (Å²) in [7, 11) is 4.09. The first-order valence-electron chi connectivity index (χ1n) is 7.10. The van der Waals surface area contributed by atoms with Gasteiger partial charge in [-0.3, -0.25) is 0 Å². The molecule has 0 spiro atoms. The molecule has 0 unspecified atom stereocenters. The van der Waals surface area contributed by atoms with Crippen LogP contribution in [0.3, 0.4) is 0 Å². The highest BCUT2D eigenvalue weighted by Gasteiger charge is 2.16. The molecule has 5 nitrogen and oxygen atoms in total. The fraction of sp³-hybridized carbons (Fsp3) is 0.533. The van der Waals surface area contributed by atoms with Crippen LogP contribution in [0.1, 0.15) is 30.1 Å². The first-order chi connectivity index (χ1) is 9.95. The number of rotatable bonds is 8. The smallest absolute Gasteiger partial charge is 0.340 e. The Labute approximate surface area is 131 Å². The van der Waals surface area contributed by atoms with Gasteiger partial charge in [0, 0.05) is 12.2 Å². The van der Waals surface area contributed by atoms with Crippen LogP contribution in [-0.2, 0) is 4.74 Å². The van der Waals surface area contributed by atoms with Crippen molar-refractivity contribution >= 4 is 28.9 Å². The van der Waals surface area contributed by atoms with Gasteiger partial charge >= 0.3 is 5.97 Å². The van der Waals surface area contributed by atoms with Crippen molar-refractivity contribution in [1.29, 1.82) is 0 Å². The highest BCUT2D eigenvalue weighted by Crippen LogP contribution is 2.29. The highest BCUT2D eigenvalue weighted by molar-refractivity contribution is 6.34. The summed E-state index contributed by atoms with van der Waals surface area (Å²) in [4.78, 5) is 14.1. The molecule has 0 aliphatic rings. The molecule has 0 atom stereocenters. The lowest BCUT2D eigenvalue weighted by atomic mass is 10.1. The Kier molecular flexibility index (Phi) is 7.32. The van der Waals surface area contributed by atoms with Crippen LogP contribution < -0.4 is 11.1 Å². The minimum Gasteiger partial charge on any atom is -0.462 e. The topological polar surface area (TPSA) is 67.6 Å². The Morgan fingerprint density at radius 2 is 2.10 bits per heavy atom. The molecule has 0 heterocycles. The molecule has 0 aliphatic carbocycles. The van der Waals surface area contributed by atoms with E-state index in [9.17, 15) is 4.79 Å². The molecule has 0 saturated carbocycles. The van der Waals surface area contributed by atoms with Gasteiger partial charge in [0.05, 0.1) is 22.9 Å². The van der Waals surface area contributed by atoms with Crippen molar-refractivity contribution in [2.45, 2.75) is 19.8 Å². The van der Waals surface area contributed by atoms with Gasteiger partial charge in [0.2, 0.25) is 0 Å². The van der Waals surface area contributed by atoms with Crippen molar-refractivity contribution in [3.8, 4) is 0 Å². The predicted octanol–water partition coefficient (Wildman–Crippen LogP) is 2.85. The number of benzene rings is 1. The van der Waals surface area contributed by atoms with Gasteiger partial charge in [-0.05, 0) is 52.5 Å². The van der Waals surface area contributed by atoms with Crippen LogP contribution in [0.2, 0.25) is 5.02 Å². The van der Waals surface area contributed by atoms with Crippen molar-refractivity contribution in [2.24, 2.45) is 0 Å². The summed E-state index contributed by atoms with van der Waals surface area (Å²) >= 11 is 6.18. The molecular formula is C15H24ClN3O2. The van der Waals surface area contributed by atoms with E-state index in [1.165, 1.54) is 0 Å². The SMILES string of the molecule is CCOC(=O)c1cc(N)cc(Cl)c1NCCCCN(C)C. The first kappa shape index (κ1) is 17.6. The van der Waals surface area contributed by atoms with Crippen molar-refractivity contribution in [2.75, 3.05) is 44.8 Å². The first-order valence-corrected chi connectivity index (χ1v) is 7.48. The number of hydrogen-bond donors (Lipinski definition) is 2. The van der Waals surface area contributed by atoms with Gasteiger partial charge < -0.3 is 20.7 Å². The third-order valence-electron chi connectivity index (χ3n) is 2.94. The van der Waals surface area contributed by atoms with Gasteiger partial charge in [-0.1, -0.05) is 11.6 Å². The van der Waals surface area contributed by atoms with E-state index < -0.39 is 5.97 Å². The van der Waals surface area contributed by atoms with Crippen LogP contribution in [0.15, 0.2) is 12.1 Å². The van der Waals surface area contributed by atoms with Crippen LogP contribution in [0.25, 0.3) is 0 Å². The number of nitrogens with two attached hydrogens (primary N) is 1. The van der Waals surface area contributed by atoms with E-state index in [2.05, 4.69) is 10.2 Å². The minimum absolute atomic E-state index is 0.313. The number of nitrogens with one attached hydrogen (secondary N) is 1. The fourth-order valence-corrected chi connectivity index (χ4v) is 2.24. The number of carbonyl (C=O) groups is 1. The number of anilines is 2. The molecule has 0 aliphatic heterocycles. The number of halogens is 1. The highest BCUT2D eigenvalue weighted by atomic mass is 35.5. The predicted molar refractivity (Wildman–Crippen MR) is 88.1 cm³/mol. The summed E-state index contributed by atoms with van der Waals surface area (Å²) < 4.78 is 5.04. The second kappa shape index (κ2) is 8.74. The summed E-state index contributed by atoms with van der Waals surface area (Å²) in [5.74, 6) is -0.414. The molecule has 0 bridgehead atoms. The Morgan fingerprint density at radius 3 is 2.71 bits per heavy atom. The van der Waals surface area contributed by atoms with Crippen molar-refractivity contribution in [1.82, 2.24) is 4.90 Å². The van der Waals surface area contributed by atoms with E-state index in [0.717, 1.165) is 25.9 Å². The molecule has 0 fully saturated rings. The molecule has 1 aromatic carbocycles. The Hall–Kier alpha value is -1.46. The van der Waals surface area contributed by atoms with Gasteiger partial charge in [-0.15, -0.1) is 0 Å². The third-order valence-corrected chi connectivity index (χ3v) is 3.24. The second-order valence-corrected chi connectivity index (χ2v) is 5.49. The molecule has 0 saturated heterocycles. The molecule has 21 heavy (non-hydrogen) atoms. The molecule has 1 aromatic rings. The molecule has 0 amide bonds. The molecule has 118 valence electrons. The standard InChI is InChI=1S/C15H24ClN3O2/c1-4-21-15(20)12-9-11(17)10-13(16)14(12)18-7-5-6-8-19(2)3/h9-10,18H,4-8,17H2,1-3H3. The number of nitrogen functional groups attached to an aromatic ring is 1. The van der Waals surface area contributed by atoms with Gasteiger partial charge in [0.25, 0.3) is 0 Å². The number of nitrogens with zero attached hydrogens (tertiary/aromatic N) is 1. The number of carbonyl (C=O) groups excluding carboxylic acids is 1. The van der Waals surface area contributed by atoms with E-state index in [1.807, 2.05) is 14.1 Å². The number of esters is 1. The van der Waals surface area contributed by atoms with Crippen LogP contribution >= 0.6 is 11.6 Å². The largest absolute Gasteiger partial charge is 0.462 e. The summed E-state index contributed by atoms with van der Waals surface area (Å²) in [5, 5.41) is 3.65. The average molecular weight is 314 g/mol. The summed E-state index contributed by atoms with van der Waals surface area (Å²) in [6.45, 7) is 3.85. The van der Waals surface area contributed by atoms with E-state index in [1.54, 1.807) is 19.1 Å². The average Bonchev–Trinajstić information content (AvgIpc) is 2.39. The maximum atomic E-state index is 12.0. The van der Waals surface area contributed by atoms with E-state index in [-0.39, 0.29) is 0 Å². The molecule has 1 rings (SSSR count). The normalized spacial score (nSPS) is 10.7. The lowest BCUT2D eigenvalue weighted by Crippen LogP contribution is -2.15. The Bertz CT molecular complexity index is 478. The van der Waals surface area contributed by atoms with Crippen molar-refractivity contribution < 1.29 is 9.53 Å². The zero-order valence-electron chi connectivity index (χ0n) is 12.9. The van der Waals surface area contributed by atoms with Crippen molar-refractivity contribution in [3.63, 3.8) is 0 Å². The number of unbranched alkanes of at least 4 members (excludes halogenated alkanes) is 1. The monoisotopic (exact) mass is 313 g/mol. The summed E-state index contributed by atoms with van der Waals surface area (Å²) in [5.41, 5.74) is 7.17. The maximum Gasteiger partial charge on any atom is 0.340 e. The third kappa shape index (κ3) is 5.81. The van der Waals surface area contributed by atoms with E-state index in [0.29, 0.717) is 28.6 Å². The van der Waals surface area contributed by atoms with Crippen LogP contribution in [0.5, 0.6) is 0 Å². The number of hydrogen-bond acceptors (Lipinski definition) is 5. The molecule has 3 N–H and O–H groups in total. The quantitative estimate of drug-likeness (QED) is 0.439. The summed E-state index contributed by atoms with van der Waals surface area (Å²) in [6, 6.07) is 3.22. The van der Waals surface area contributed by atoms with Crippen LogP contribution in [-0.4, -0.2) is 44.7 Å². The maximum absolute atomic E-state index is 12.0. The van der Waals surface area contributed by atoms with E-state index in [4.69, 9.17) is 22.1 Å². The van der Waals surface area contributed by atoms with Crippen molar-refractivity contribution in [3.05, 3.63) is 22.7 Å². The fourth-order valence-electron chi connectivity index (χ4n) is 1.94. The number of ether oxygens (including phenoxy) is 1. The molecule has 0 radical (unpaired) electrons. The minimum atomic E-state index is -0.414. The molecule has 0 aromatic heterocycles. The van der Waals surface area contributed by atoms with Gasteiger partial charge in [0.1, 0.15) is 0 Å². The van der Waals surface area contributed by atoms with Crippen LogP contribution in [0.4, 0.5) is 11.4 Å². The second-order valence-electron chi connectivity index (χ2n) is 5.08.